The zero-order valence-electron chi connectivity index (χ0n) is 11.8. The first-order valence-corrected chi connectivity index (χ1v) is 7.91. The molecule has 1 amide bonds. The summed E-state index contributed by atoms with van der Waals surface area (Å²) in [5, 5.41) is 13.4. The summed E-state index contributed by atoms with van der Waals surface area (Å²) in [5.74, 6) is -0.133. The number of hydrogen-bond acceptors (Lipinski definition) is 3. The van der Waals surface area contributed by atoms with E-state index in [0.29, 0.717) is 12.1 Å². The average molecular weight is 410 g/mol. The van der Waals surface area contributed by atoms with Crippen molar-refractivity contribution in [3.05, 3.63) is 67.8 Å². The summed E-state index contributed by atoms with van der Waals surface area (Å²) in [7, 11) is 0. The van der Waals surface area contributed by atoms with Crippen LogP contribution in [0.1, 0.15) is 18.4 Å². The molecule has 114 valence electrons. The molecule has 0 aromatic heterocycles. The number of nitro groups is 1. The third kappa shape index (κ3) is 5.10. The summed E-state index contributed by atoms with van der Waals surface area (Å²) < 4.78 is 1.18. The topological polar surface area (TPSA) is 72.2 Å². The molecule has 0 unspecified atom stereocenters. The van der Waals surface area contributed by atoms with E-state index in [1.54, 1.807) is 12.1 Å². The Morgan fingerprint density at radius 1 is 1.18 bits per heavy atom. The van der Waals surface area contributed by atoms with E-state index in [0.717, 1.165) is 12.8 Å². The number of carbonyl (C=O) groups is 1. The molecule has 0 saturated carbocycles. The first kappa shape index (κ1) is 16.4. The zero-order chi connectivity index (χ0) is 15.9. The molecule has 0 saturated heterocycles. The number of halogens is 1. The standard InChI is InChI=1S/C16H15IN2O3/c17-13-9-7-12(8-10-13)3-1-6-16(20)18-14-4-2-5-15(11-14)19(21)22/h2,4-5,7-11H,1,3,6H2,(H,18,20). The van der Waals surface area contributed by atoms with Gasteiger partial charge in [-0.15, -0.1) is 0 Å². The summed E-state index contributed by atoms with van der Waals surface area (Å²) in [6, 6.07) is 14.1. The highest BCUT2D eigenvalue weighted by Gasteiger charge is 2.08. The molecule has 2 rings (SSSR count). The predicted molar refractivity (Wildman–Crippen MR) is 93.8 cm³/mol. The Bertz CT molecular complexity index is 671. The number of aryl methyl sites for hydroxylation is 1. The van der Waals surface area contributed by atoms with E-state index in [1.807, 2.05) is 12.1 Å². The third-order valence-corrected chi connectivity index (χ3v) is 3.84. The number of amides is 1. The molecule has 0 aliphatic carbocycles. The van der Waals surface area contributed by atoms with Crippen LogP contribution >= 0.6 is 22.6 Å². The molecule has 0 aliphatic rings. The molecule has 0 radical (unpaired) electrons. The molecule has 0 heterocycles. The fourth-order valence-electron chi connectivity index (χ4n) is 2.02. The van der Waals surface area contributed by atoms with Crippen LogP contribution in [0.15, 0.2) is 48.5 Å². The van der Waals surface area contributed by atoms with Crippen LogP contribution in [-0.2, 0) is 11.2 Å². The van der Waals surface area contributed by atoms with Gasteiger partial charge in [0.15, 0.2) is 0 Å². The largest absolute Gasteiger partial charge is 0.326 e. The van der Waals surface area contributed by atoms with E-state index in [-0.39, 0.29) is 11.6 Å². The summed E-state index contributed by atoms with van der Waals surface area (Å²) in [5.41, 5.74) is 1.62. The number of nitro benzene ring substituents is 1. The van der Waals surface area contributed by atoms with Crippen LogP contribution in [0.25, 0.3) is 0 Å². The van der Waals surface area contributed by atoms with Gasteiger partial charge in [-0.1, -0.05) is 18.2 Å². The van der Waals surface area contributed by atoms with Gasteiger partial charge in [0.25, 0.3) is 5.69 Å². The number of nitrogens with zero attached hydrogens (tertiary/aromatic N) is 1. The van der Waals surface area contributed by atoms with E-state index in [1.165, 1.54) is 21.3 Å². The molecular formula is C16H15IN2O3. The Hall–Kier alpha value is -1.96. The van der Waals surface area contributed by atoms with Gasteiger partial charge >= 0.3 is 0 Å². The summed E-state index contributed by atoms with van der Waals surface area (Å²) >= 11 is 2.25. The Kier molecular flexibility index (Phi) is 5.88. The van der Waals surface area contributed by atoms with Gasteiger partial charge in [0.05, 0.1) is 4.92 Å². The van der Waals surface area contributed by atoms with Gasteiger partial charge in [0.2, 0.25) is 5.91 Å². The van der Waals surface area contributed by atoms with Crippen LogP contribution in [0.5, 0.6) is 0 Å². The van der Waals surface area contributed by atoms with E-state index in [9.17, 15) is 14.9 Å². The van der Waals surface area contributed by atoms with Crippen molar-refractivity contribution >= 4 is 39.9 Å². The minimum absolute atomic E-state index is 0.0308. The van der Waals surface area contributed by atoms with Crippen LogP contribution < -0.4 is 5.32 Å². The van der Waals surface area contributed by atoms with Crippen molar-refractivity contribution < 1.29 is 9.72 Å². The van der Waals surface area contributed by atoms with Crippen molar-refractivity contribution in [2.45, 2.75) is 19.3 Å². The van der Waals surface area contributed by atoms with E-state index < -0.39 is 4.92 Å². The number of anilines is 1. The fraction of sp³-hybridized carbons (Fsp3) is 0.188. The maximum absolute atomic E-state index is 11.9. The number of carbonyl (C=O) groups excluding carboxylic acids is 1. The normalized spacial score (nSPS) is 10.2. The van der Waals surface area contributed by atoms with E-state index >= 15 is 0 Å². The molecule has 22 heavy (non-hydrogen) atoms. The van der Waals surface area contributed by atoms with Crippen molar-refractivity contribution in [2.24, 2.45) is 0 Å². The molecule has 2 aromatic rings. The third-order valence-electron chi connectivity index (χ3n) is 3.12. The van der Waals surface area contributed by atoms with Crippen LogP contribution in [0, 0.1) is 13.7 Å². The second-order valence-corrected chi connectivity index (χ2v) is 6.08. The maximum Gasteiger partial charge on any atom is 0.271 e. The number of non-ortho nitro benzene ring substituents is 1. The monoisotopic (exact) mass is 410 g/mol. The first-order valence-electron chi connectivity index (χ1n) is 6.83. The smallest absolute Gasteiger partial charge is 0.271 e. The Balaban J connectivity index is 1.81. The Morgan fingerprint density at radius 3 is 2.59 bits per heavy atom. The SMILES string of the molecule is O=C(CCCc1ccc(I)cc1)Nc1cccc([N+](=O)[O-])c1. The lowest BCUT2D eigenvalue weighted by atomic mass is 10.1. The van der Waals surface area contributed by atoms with Gasteiger partial charge in [-0.25, -0.2) is 0 Å². The van der Waals surface area contributed by atoms with Gasteiger partial charge in [-0.05, 0) is 59.2 Å². The summed E-state index contributed by atoms with van der Waals surface area (Å²) in [6.07, 6.45) is 1.95. The van der Waals surface area contributed by atoms with Crippen molar-refractivity contribution in [2.75, 3.05) is 5.32 Å². The Labute approximate surface area is 142 Å². The van der Waals surface area contributed by atoms with Crippen LogP contribution in [0.3, 0.4) is 0 Å². The zero-order valence-corrected chi connectivity index (χ0v) is 13.9. The highest BCUT2D eigenvalue weighted by molar-refractivity contribution is 14.1. The van der Waals surface area contributed by atoms with Gasteiger partial charge in [-0.3, -0.25) is 14.9 Å². The van der Waals surface area contributed by atoms with Crippen LogP contribution in [0.4, 0.5) is 11.4 Å². The molecule has 2 aromatic carbocycles. The highest BCUT2D eigenvalue weighted by atomic mass is 127. The molecule has 0 aliphatic heterocycles. The van der Waals surface area contributed by atoms with Gasteiger partial charge in [0, 0.05) is 27.8 Å². The van der Waals surface area contributed by atoms with Crippen molar-refractivity contribution in [3.8, 4) is 0 Å². The molecule has 6 heteroatoms. The molecule has 5 nitrogen and oxygen atoms in total. The van der Waals surface area contributed by atoms with Gasteiger partial charge < -0.3 is 5.32 Å². The van der Waals surface area contributed by atoms with Crippen LogP contribution in [-0.4, -0.2) is 10.8 Å². The van der Waals surface area contributed by atoms with Gasteiger partial charge in [-0.2, -0.15) is 0 Å². The number of hydrogen-bond donors (Lipinski definition) is 1. The quantitative estimate of drug-likeness (QED) is 0.442. The molecular weight excluding hydrogens is 395 g/mol. The fourth-order valence-corrected chi connectivity index (χ4v) is 2.38. The first-order chi connectivity index (χ1) is 10.5. The lowest BCUT2D eigenvalue weighted by molar-refractivity contribution is -0.384. The minimum Gasteiger partial charge on any atom is -0.326 e. The summed E-state index contributed by atoms with van der Waals surface area (Å²) in [6.45, 7) is 0. The maximum atomic E-state index is 11.9. The number of benzene rings is 2. The van der Waals surface area contributed by atoms with Crippen LogP contribution in [0.2, 0.25) is 0 Å². The summed E-state index contributed by atoms with van der Waals surface area (Å²) in [4.78, 5) is 22.1. The Morgan fingerprint density at radius 2 is 1.91 bits per heavy atom. The van der Waals surface area contributed by atoms with Gasteiger partial charge in [0.1, 0.15) is 0 Å². The second-order valence-electron chi connectivity index (χ2n) is 4.84. The average Bonchev–Trinajstić information content (AvgIpc) is 2.49. The highest BCUT2D eigenvalue weighted by Crippen LogP contribution is 2.17. The molecule has 1 N–H and O–H groups in total. The molecule has 0 fully saturated rings. The molecule has 0 spiro atoms. The number of nitrogens with one attached hydrogen (secondary N) is 1. The second kappa shape index (κ2) is 7.88. The van der Waals surface area contributed by atoms with Crippen molar-refractivity contribution in [1.29, 1.82) is 0 Å². The predicted octanol–water partition coefficient (Wildman–Crippen LogP) is 4.16. The molecule has 0 atom stereocenters. The molecule has 0 bridgehead atoms. The number of rotatable bonds is 6. The van der Waals surface area contributed by atoms with E-state index in [4.69, 9.17) is 0 Å². The lowest BCUT2D eigenvalue weighted by Crippen LogP contribution is -2.11. The van der Waals surface area contributed by atoms with E-state index in [2.05, 4.69) is 40.0 Å². The lowest BCUT2D eigenvalue weighted by Gasteiger charge is -2.05. The van der Waals surface area contributed by atoms with Crippen molar-refractivity contribution in [3.63, 3.8) is 0 Å². The van der Waals surface area contributed by atoms with Crippen molar-refractivity contribution in [1.82, 2.24) is 0 Å². The minimum atomic E-state index is -0.480.